The predicted octanol–water partition coefficient (Wildman–Crippen LogP) is 1.69. The number of rotatable bonds is 3. The van der Waals surface area contributed by atoms with Gasteiger partial charge in [0.15, 0.2) is 0 Å². The number of aliphatic hydroxyl groups excluding tert-OH is 1. The highest BCUT2D eigenvalue weighted by Gasteiger charge is 2.22. The zero-order chi connectivity index (χ0) is 11.7. The van der Waals surface area contributed by atoms with Gasteiger partial charge in [0.2, 0.25) is 0 Å². The second-order valence-electron chi connectivity index (χ2n) is 4.62. The quantitative estimate of drug-likeness (QED) is 0.845. The van der Waals surface area contributed by atoms with E-state index in [1.807, 2.05) is 6.07 Å². The highest BCUT2D eigenvalue weighted by molar-refractivity contribution is 5.75. The predicted molar refractivity (Wildman–Crippen MR) is 66.7 cm³/mol. The maximum absolute atomic E-state index is 9.60. The molecule has 1 aromatic heterocycles. The Labute approximate surface area is 100 Å². The molecule has 1 aliphatic rings. The van der Waals surface area contributed by atoms with Crippen LogP contribution >= 0.6 is 0 Å². The molecule has 4 nitrogen and oxygen atoms in total. The number of imidazole rings is 1. The molecule has 1 fully saturated rings. The molecule has 0 aliphatic carbocycles. The summed E-state index contributed by atoms with van der Waals surface area (Å²) in [7, 11) is 0. The minimum Gasteiger partial charge on any atom is -0.394 e. The van der Waals surface area contributed by atoms with Gasteiger partial charge in [-0.2, -0.15) is 0 Å². The fourth-order valence-electron chi connectivity index (χ4n) is 2.65. The maximum atomic E-state index is 9.60. The van der Waals surface area contributed by atoms with Gasteiger partial charge in [-0.1, -0.05) is 6.07 Å². The molecule has 0 amide bonds. The molecule has 2 heterocycles. The van der Waals surface area contributed by atoms with Crippen LogP contribution < -0.4 is 0 Å². The van der Waals surface area contributed by atoms with Crippen molar-refractivity contribution in [3.63, 3.8) is 0 Å². The molecule has 0 spiro atoms. The summed E-state index contributed by atoms with van der Waals surface area (Å²) in [6.07, 6.45) is 4.18. The van der Waals surface area contributed by atoms with E-state index in [-0.39, 0.29) is 12.6 Å². The molecule has 1 saturated heterocycles. The van der Waals surface area contributed by atoms with Crippen LogP contribution in [0.4, 0.5) is 0 Å². The lowest BCUT2D eigenvalue weighted by Crippen LogP contribution is -2.28. The number of nitrogens with zero attached hydrogens (tertiary/aromatic N) is 2. The van der Waals surface area contributed by atoms with Crippen LogP contribution in [0, 0.1) is 0 Å². The number of aliphatic hydroxyl groups is 1. The Morgan fingerprint density at radius 2 is 2.18 bits per heavy atom. The van der Waals surface area contributed by atoms with Crippen LogP contribution in [0.2, 0.25) is 0 Å². The van der Waals surface area contributed by atoms with Gasteiger partial charge in [0.25, 0.3) is 0 Å². The summed E-state index contributed by atoms with van der Waals surface area (Å²) in [6.45, 7) is 2.36. The molecule has 1 atom stereocenters. The fourth-order valence-corrected chi connectivity index (χ4v) is 2.65. The Bertz CT molecular complexity index is 502. The van der Waals surface area contributed by atoms with Crippen LogP contribution in [0.25, 0.3) is 11.0 Å². The highest BCUT2D eigenvalue weighted by atomic mass is 16.3. The molecule has 4 heteroatoms. The Morgan fingerprint density at radius 1 is 1.35 bits per heavy atom. The van der Waals surface area contributed by atoms with Gasteiger partial charge in [0.05, 0.1) is 30.0 Å². The number of hydrogen-bond donors (Lipinski definition) is 2. The average Bonchev–Trinajstić information content (AvgIpc) is 2.99. The van der Waals surface area contributed by atoms with E-state index in [4.69, 9.17) is 0 Å². The van der Waals surface area contributed by atoms with Crippen molar-refractivity contribution in [3.8, 4) is 0 Å². The summed E-state index contributed by atoms with van der Waals surface area (Å²) in [6, 6.07) is 6.31. The van der Waals surface area contributed by atoms with Gasteiger partial charge in [0, 0.05) is 0 Å². The van der Waals surface area contributed by atoms with Crippen LogP contribution in [0.1, 0.15) is 24.4 Å². The van der Waals surface area contributed by atoms with E-state index in [9.17, 15) is 5.11 Å². The summed E-state index contributed by atoms with van der Waals surface area (Å²) < 4.78 is 0. The third-order valence-corrected chi connectivity index (χ3v) is 3.58. The molecular formula is C13H17N3O. The monoisotopic (exact) mass is 231 g/mol. The van der Waals surface area contributed by atoms with Crippen LogP contribution in [0.3, 0.4) is 0 Å². The van der Waals surface area contributed by atoms with Gasteiger partial charge in [0.1, 0.15) is 0 Å². The standard InChI is InChI=1S/C13H17N3O/c17-8-13(16-5-1-2-6-16)10-3-4-11-12(7-10)15-9-14-11/h3-4,7,9,13,17H,1-2,5-6,8H2,(H,14,15). The normalized spacial score (nSPS) is 18.9. The van der Waals surface area contributed by atoms with E-state index >= 15 is 0 Å². The Hall–Kier alpha value is -1.39. The number of H-pyrrole nitrogens is 1. The van der Waals surface area contributed by atoms with Gasteiger partial charge in [-0.15, -0.1) is 0 Å². The number of fused-ring (bicyclic) bond motifs is 1. The van der Waals surface area contributed by atoms with Gasteiger partial charge in [-0.3, -0.25) is 4.90 Å². The smallest absolute Gasteiger partial charge is 0.0931 e. The summed E-state index contributed by atoms with van der Waals surface area (Å²) >= 11 is 0. The number of benzene rings is 1. The molecular weight excluding hydrogens is 214 g/mol. The summed E-state index contributed by atoms with van der Waals surface area (Å²) in [4.78, 5) is 9.69. The van der Waals surface area contributed by atoms with Crippen LogP contribution in [0.5, 0.6) is 0 Å². The lowest BCUT2D eigenvalue weighted by molar-refractivity contribution is 0.147. The molecule has 0 bridgehead atoms. The second-order valence-corrected chi connectivity index (χ2v) is 4.62. The van der Waals surface area contributed by atoms with Crippen molar-refractivity contribution < 1.29 is 5.11 Å². The zero-order valence-electron chi connectivity index (χ0n) is 9.76. The third kappa shape index (κ3) is 1.94. The molecule has 17 heavy (non-hydrogen) atoms. The molecule has 0 saturated carbocycles. The van der Waals surface area contributed by atoms with E-state index in [0.717, 1.165) is 24.1 Å². The number of aromatic amines is 1. The summed E-state index contributed by atoms with van der Waals surface area (Å²) in [5, 5.41) is 9.60. The highest BCUT2D eigenvalue weighted by Crippen LogP contribution is 2.26. The van der Waals surface area contributed by atoms with Crippen molar-refractivity contribution >= 4 is 11.0 Å². The molecule has 2 N–H and O–H groups in total. The van der Waals surface area contributed by atoms with Crippen molar-refractivity contribution in [1.82, 2.24) is 14.9 Å². The fraction of sp³-hybridized carbons (Fsp3) is 0.462. The van der Waals surface area contributed by atoms with Gasteiger partial charge in [-0.25, -0.2) is 4.98 Å². The first-order chi connectivity index (χ1) is 8.38. The molecule has 90 valence electrons. The van der Waals surface area contributed by atoms with E-state index in [2.05, 4.69) is 27.0 Å². The molecule has 2 aromatic rings. The van der Waals surface area contributed by atoms with E-state index < -0.39 is 0 Å². The Morgan fingerprint density at radius 3 is 2.94 bits per heavy atom. The first-order valence-corrected chi connectivity index (χ1v) is 6.16. The molecule has 1 aliphatic heterocycles. The molecule has 3 rings (SSSR count). The minimum absolute atomic E-state index is 0.130. The summed E-state index contributed by atoms with van der Waals surface area (Å²) in [5.41, 5.74) is 3.19. The number of hydrogen-bond acceptors (Lipinski definition) is 3. The van der Waals surface area contributed by atoms with Crippen LogP contribution in [-0.2, 0) is 0 Å². The SMILES string of the molecule is OCC(c1ccc2nc[nH]c2c1)N1CCCC1. The first kappa shape index (κ1) is 10.7. The van der Waals surface area contributed by atoms with Gasteiger partial charge in [-0.05, 0) is 43.6 Å². The second kappa shape index (κ2) is 4.47. The topological polar surface area (TPSA) is 52.2 Å². The number of aromatic nitrogens is 2. The van der Waals surface area contributed by atoms with Crippen LogP contribution in [-0.4, -0.2) is 39.7 Å². The lowest BCUT2D eigenvalue weighted by Gasteiger charge is -2.26. The largest absolute Gasteiger partial charge is 0.394 e. The molecule has 1 unspecified atom stereocenters. The molecule has 1 aromatic carbocycles. The van der Waals surface area contributed by atoms with E-state index in [0.29, 0.717) is 0 Å². The van der Waals surface area contributed by atoms with Crippen LogP contribution in [0.15, 0.2) is 24.5 Å². The van der Waals surface area contributed by atoms with E-state index in [1.165, 1.54) is 18.4 Å². The lowest BCUT2D eigenvalue weighted by atomic mass is 10.1. The van der Waals surface area contributed by atoms with E-state index in [1.54, 1.807) is 6.33 Å². The number of likely N-dealkylation sites (tertiary alicyclic amines) is 1. The summed E-state index contributed by atoms with van der Waals surface area (Å²) in [5.74, 6) is 0. The Kier molecular flexibility index (Phi) is 2.82. The van der Waals surface area contributed by atoms with Crippen molar-refractivity contribution in [2.24, 2.45) is 0 Å². The third-order valence-electron chi connectivity index (χ3n) is 3.58. The first-order valence-electron chi connectivity index (χ1n) is 6.16. The minimum atomic E-state index is 0.130. The average molecular weight is 231 g/mol. The maximum Gasteiger partial charge on any atom is 0.0931 e. The number of nitrogens with one attached hydrogen (secondary N) is 1. The van der Waals surface area contributed by atoms with Gasteiger partial charge >= 0.3 is 0 Å². The molecule has 0 radical (unpaired) electrons. The van der Waals surface area contributed by atoms with Crippen molar-refractivity contribution in [1.29, 1.82) is 0 Å². The zero-order valence-corrected chi connectivity index (χ0v) is 9.76. The van der Waals surface area contributed by atoms with Crippen molar-refractivity contribution in [2.45, 2.75) is 18.9 Å². The van der Waals surface area contributed by atoms with Crippen molar-refractivity contribution in [2.75, 3.05) is 19.7 Å². The Balaban J connectivity index is 1.93. The van der Waals surface area contributed by atoms with Crippen molar-refractivity contribution in [3.05, 3.63) is 30.1 Å². The van der Waals surface area contributed by atoms with Gasteiger partial charge < -0.3 is 10.1 Å².